The van der Waals surface area contributed by atoms with E-state index in [2.05, 4.69) is 29.0 Å². The van der Waals surface area contributed by atoms with Crippen LogP contribution in [0.2, 0.25) is 0 Å². The standard InChI is InChI=1S/C14H26N4OS/c1-4-17-6-8-18(9-7-17)14-16-12(2)13(20-14)11-15-5-10-19-3/h15H,4-11H2,1-3H3. The van der Waals surface area contributed by atoms with Gasteiger partial charge in [0.15, 0.2) is 5.13 Å². The third kappa shape index (κ3) is 4.15. The molecule has 2 rings (SSSR count). The molecule has 1 fully saturated rings. The molecule has 0 atom stereocenters. The third-order valence-electron chi connectivity index (χ3n) is 3.74. The lowest BCUT2D eigenvalue weighted by Crippen LogP contribution is -2.46. The molecule has 1 saturated heterocycles. The molecule has 1 aliphatic rings. The van der Waals surface area contributed by atoms with E-state index in [1.165, 1.54) is 10.0 Å². The van der Waals surface area contributed by atoms with Crippen molar-refractivity contribution in [1.82, 2.24) is 15.2 Å². The van der Waals surface area contributed by atoms with Crippen LogP contribution in [0.3, 0.4) is 0 Å². The summed E-state index contributed by atoms with van der Waals surface area (Å²) >= 11 is 1.83. The first-order valence-electron chi connectivity index (χ1n) is 7.37. The Kier molecular flexibility index (Phi) is 6.22. The lowest BCUT2D eigenvalue weighted by molar-refractivity contribution is 0.199. The lowest BCUT2D eigenvalue weighted by Gasteiger charge is -2.33. The van der Waals surface area contributed by atoms with Crippen LogP contribution in [0.5, 0.6) is 0 Å². The van der Waals surface area contributed by atoms with Gasteiger partial charge in [0.25, 0.3) is 0 Å². The van der Waals surface area contributed by atoms with E-state index in [1.807, 2.05) is 11.3 Å². The fraction of sp³-hybridized carbons (Fsp3) is 0.786. The van der Waals surface area contributed by atoms with Crippen molar-refractivity contribution in [3.8, 4) is 0 Å². The van der Waals surface area contributed by atoms with Crippen molar-refractivity contribution in [3.05, 3.63) is 10.6 Å². The van der Waals surface area contributed by atoms with Crippen molar-refractivity contribution in [2.24, 2.45) is 0 Å². The summed E-state index contributed by atoms with van der Waals surface area (Å²) in [7, 11) is 1.73. The van der Waals surface area contributed by atoms with Gasteiger partial charge in [0.1, 0.15) is 0 Å². The first kappa shape index (κ1) is 15.7. The fourth-order valence-corrected chi connectivity index (χ4v) is 3.43. The molecule has 5 nitrogen and oxygen atoms in total. The molecule has 0 spiro atoms. The number of aryl methyl sites for hydroxylation is 1. The average molecular weight is 298 g/mol. The van der Waals surface area contributed by atoms with Crippen LogP contribution in [0.15, 0.2) is 0 Å². The number of likely N-dealkylation sites (N-methyl/N-ethyl adjacent to an activating group) is 1. The second-order valence-electron chi connectivity index (χ2n) is 5.10. The number of ether oxygens (including phenoxy) is 1. The molecule has 0 aromatic carbocycles. The van der Waals surface area contributed by atoms with Gasteiger partial charge in [-0.25, -0.2) is 4.98 Å². The quantitative estimate of drug-likeness (QED) is 0.769. The monoisotopic (exact) mass is 298 g/mol. The predicted molar refractivity (Wildman–Crippen MR) is 84.8 cm³/mol. The van der Waals surface area contributed by atoms with Crippen molar-refractivity contribution < 1.29 is 4.74 Å². The van der Waals surface area contributed by atoms with Gasteiger partial charge >= 0.3 is 0 Å². The summed E-state index contributed by atoms with van der Waals surface area (Å²) in [6.07, 6.45) is 0. The fourth-order valence-electron chi connectivity index (χ4n) is 2.34. The molecule has 1 aliphatic heterocycles. The maximum absolute atomic E-state index is 5.04. The molecule has 0 saturated carbocycles. The average Bonchev–Trinajstić information content (AvgIpc) is 2.85. The first-order valence-corrected chi connectivity index (χ1v) is 8.19. The van der Waals surface area contributed by atoms with E-state index < -0.39 is 0 Å². The van der Waals surface area contributed by atoms with Gasteiger partial charge in [0, 0.05) is 51.3 Å². The van der Waals surface area contributed by atoms with Gasteiger partial charge in [-0.05, 0) is 13.5 Å². The van der Waals surface area contributed by atoms with Gasteiger partial charge in [-0.3, -0.25) is 0 Å². The summed E-state index contributed by atoms with van der Waals surface area (Å²) in [5, 5.41) is 4.58. The van der Waals surface area contributed by atoms with Crippen molar-refractivity contribution >= 4 is 16.5 Å². The minimum absolute atomic E-state index is 0.754. The number of nitrogens with one attached hydrogen (secondary N) is 1. The van der Waals surface area contributed by atoms with E-state index in [4.69, 9.17) is 9.72 Å². The largest absolute Gasteiger partial charge is 0.383 e. The van der Waals surface area contributed by atoms with E-state index in [0.29, 0.717) is 0 Å². The Labute approximate surface area is 125 Å². The number of thiazole rings is 1. The van der Waals surface area contributed by atoms with Crippen LogP contribution in [-0.2, 0) is 11.3 Å². The highest BCUT2D eigenvalue weighted by Crippen LogP contribution is 2.26. The number of methoxy groups -OCH3 is 1. The molecule has 1 N–H and O–H groups in total. The maximum Gasteiger partial charge on any atom is 0.185 e. The number of hydrogen-bond donors (Lipinski definition) is 1. The number of rotatable bonds is 7. The highest BCUT2D eigenvalue weighted by Gasteiger charge is 2.19. The molecule has 1 aromatic rings. The Bertz CT molecular complexity index is 402. The number of anilines is 1. The van der Waals surface area contributed by atoms with E-state index in [1.54, 1.807) is 7.11 Å². The van der Waals surface area contributed by atoms with E-state index in [9.17, 15) is 0 Å². The molecule has 0 bridgehead atoms. The summed E-state index contributed by atoms with van der Waals surface area (Å²) in [4.78, 5) is 11.0. The Morgan fingerprint density at radius 1 is 1.30 bits per heavy atom. The predicted octanol–water partition coefficient (Wildman–Crippen LogP) is 1.33. The van der Waals surface area contributed by atoms with Crippen LogP contribution < -0.4 is 10.2 Å². The summed E-state index contributed by atoms with van der Waals surface area (Å²) in [6, 6.07) is 0. The van der Waals surface area contributed by atoms with E-state index in [0.717, 1.165) is 58.1 Å². The van der Waals surface area contributed by atoms with Gasteiger partial charge in [0.05, 0.1) is 12.3 Å². The van der Waals surface area contributed by atoms with E-state index >= 15 is 0 Å². The molecule has 0 aliphatic carbocycles. The summed E-state index contributed by atoms with van der Waals surface area (Å²) in [6.45, 7) is 12.5. The maximum atomic E-state index is 5.04. The van der Waals surface area contributed by atoms with Gasteiger partial charge < -0.3 is 19.9 Å². The molecule has 114 valence electrons. The highest BCUT2D eigenvalue weighted by atomic mass is 32.1. The van der Waals surface area contributed by atoms with Crippen molar-refractivity contribution in [2.75, 3.05) is 57.9 Å². The topological polar surface area (TPSA) is 40.6 Å². The Morgan fingerprint density at radius 2 is 2.05 bits per heavy atom. The van der Waals surface area contributed by atoms with Crippen LogP contribution in [0.25, 0.3) is 0 Å². The first-order chi connectivity index (χ1) is 9.74. The molecular weight excluding hydrogens is 272 g/mol. The highest BCUT2D eigenvalue weighted by molar-refractivity contribution is 7.15. The molecule has 0 amide bonds. The second kappa shape index (κ2) is 7.93. The van der Waals surface area contributed by atoms with Crippen molar-refractivity contribution in [2.45, 2.75) is 20.4 Å². The van der Waals surface area contributed by atoms with Crippen LogP contribution in [0, 0.1) is 6.92 Å². The minimum atomic E-state index is 0.754. The molecule has 6 heteroatoms. The summed E-state index contributed by atoms with van der Waals surface area (Å²) in [5.74, 6) is 0. The zero-order chi connectivity index (χ0) is 14.4. The summed E-state index contributed by atoms with van der Waals surface area (Å²) < 4.78 is 5.04. The zero-order valence-electron chi connectivity index (χ0n) is 12.8. The van der Waals surface area contributed by atoms with E-state index in [-0.39, 0.29) is 0 Å². The molecule has 0 unspecified atom stereocenters. The van der Waals surface area contributed by atoms with Crippen LogP contribution in [0.4, 0.5) is 5.13 Å². The van der Waals surface area contributed by atoms with Gasteiger partial charge in [-0.15, -0.1) is 11.3 Å². The van der Waals surface area contributed by atoms with Crippen molar-refractivity contribution in [1.29, 1.82) is 0 Å². The summed E-state index contributed by atoms with van der Waals surface area (Å²) in [5.41, 5.74) is 1.16. The number of aromatic nitrogens is 1. The third-order valence-corrected chi connectivity index (χ3v) is 4.96. The second-order valence-corrected chi connectivity index (χ2v) is 6.16. The van der Waals surface area contributed by atoms with Crippen LogP contribution in [-0.4, -0.2) is 62.9 Å². The molecule has 20 heavy (non-hydrogen) atoms. The van der Waals surface area contributed by atoms with Crippen LogP contribution in [0.1, 0.15) is 17.5 Å². The molecule has 2 heterocycles. The van der Waals surface area contributed by atoms with Gasteiger partial charge in [0.2, 0.25) is 0 Å². The van der Waals surface area contributed by atoms with Crippen molar-refractivity contribution in [3.63, 3.8) is 0 Å². The Hall–Kier alpha value is -0.690. The SMILES string of the molecule is CCN1CCN(c2nc(C)c(CNCCOC)s2)CC1. The van der Waals surface area contributed by atoms with Crippen LogP contribution >= 0.6 is 11.3 Å². The Balaban J connectivity index is 1.87. The van der Waals surface area contributed by atoms with Gasteiger partial charge in [-0.2, -0.15) is 0 Å². The molecule has 1 aromatic heterocycles. The Morgan fingerprint density at radius 3 is 2.70 bits per heavy atom. The number of piperazine rings is 1. The van der Waals surface area contributed by atoms with Gasteiger partial charge in [-0.1, -0.05) is 6.92 Å². The lowest BCUT2D eigenvalue weighted by atomic mass is 10.3. The molecule has 0 radical (unpaired) electrons. The minimum Gasteiger partial charge on any atom is -0.383 e. The normalized spacial score (nSPS) is 16.9. The smallest absolute Gasteiger partial charge is 0.185 e. The zero-order valence-corrected chi connectivity index (χ0v) is 13.6. The number of hydrogen-bond acceptors (Lipinski definition) is 6. The number of nitrogens with zero attached hydrogens (tertiary/aromatic N) is 3. The molecular formula is C14H26N4OS.